The molecule has 34 heavy (non-hydrogen) atoms. The topological polar surface area (TPSA) is 29.5 Å². The van der Waals surface area contributed by atoms with Crippen LogP contribution in [0.3, 0.4) is 0 Å². The molecule has 0 saturated carbocycles. The third-order valence-electron chi connectivity index (χ3n) is 7.63. The van der Waals surface area contributed by atoms with Crippen LogP contribution in [0.2, 0.25) is 0 Å². The Morgan fingerprint density at radius 1 is 0.941 bits per heavy atom. The fourth-order valence-corrected chi connectivity index (χ4v) is 5.98. The van der Waals surface area contributed by atoms with Crippen LogP contribution >= 0.6 is 0 Å². The van der Waals surface area contributed by atoms with Crippen LogP contribution in [0.1, 0.15) is 47.4 Å². The van der Waals surface area contributed by atoms with Crippen molar-refractivity contribution in [2.24, 2.45) is 0 Å². The summed E-state index contributed by atoms with van der Waals surface area (Å²) in [6, 6.07) is 19.3. The number of fused-ring (bicyclic) bond motifs is 5. The second-order valence-electron chi connectivity index (χ2n) is 9.44. The zero-order valence-corrected chi connectivity index (χ0v) is 18.9. The molecule has 0 spiro atoms. The van der Waals surface area contributed by atoms with Crippen LogP contribution in [-0.2, 0) is 4.74 Å². The molecule has 2 bridgehead atoms. The average Bonchev–Trinajstić information content (AvgIpc) is 3.32. The minimum atomic E-state index is -0.833. The molecule has 1 fully saturated rings. The molecule has 0 N–H and O–H groups in total. The van der Waals surface area contributed by atoms with E-state index in [1.807, 2.05) is 35.2 Å². The Balaban J connectivity index is 1.21. The number of carbonyl (C=O) groups is 1. The molecule has 6 rings (SSSR count). The molecule has 3 aliphatic rings. The quantitative estimate of drug-likeness (QED) is 0.431. The van der Waals surface area contributed by atoms with Crippen LogP contribution in [0, 0.1) is 18.6 Å². The van der Waals surface area contributed by atoms with Gasteiger partial charge >= 0.3 is 6.09 Å². The summed E-state index contributed by atoms with van der Waals surface area (Å²) in [5.74, 6) is -1.61. The maximum absolute atomic E-state index is 14.1. The lowest BCUT2D eigenvalue weighted by Crippen LogP contribution is -2.43. The van der Waals surface area contributed by atoms with Gasteiger partial charge in [-0.1, -0.05) is 60.7 Å². The van der Waals surface area contributed by atoms with E-state index in [0.29, 0.717) is 18.6 Å². The van der Waals surface area contributed by atoms with Crippen LogP contribution in [0.5, 0.6) is 0 Å². The molecule has 1 amide bonds. The van der Waals surface area contributed by atoms with Crippen molar-refractivity contribution < 1.29 is 18.3 Å². The van der Waals surface area contributed by atoms with Gasteiger partial charge in [-0.25, -0.2) is 13.6 Å². The van der Waals surface area contributed by atoms with Gasteiger partial charge in [0, 0.05) is 12.0 Å². The van der Waals surface area contributed by atoms with Gasteiger partial charge in [0.05, 0.1) is 6.04 Å². The van der Waals surface area contributed by atoms with E-state index < -0.39 is 11.6 Å². The number of ether oxygens (including phenoxy) is 1. The Morgan fingerprint density at radius 3 is 2.29 bits per heavy atom. The molecule has 3 nitrogen and oxygen atoms in total. The number of amides is 1. The average molecular weight is 458 g/mol. The van der Waals surface area contributed by atoms with E-state index in [1.165, 1.54) is 28.3 Å². The maximum atomic E-state index is 14.1. The predicted molar refractivity (Wildman–Crippen MR) is 127 cm³/mol. The van der Waals surface area contributed by atoms with Gasteiger partial charge in [0.1, 0.15) is 6.61 Å². The molecule has 172 valence electrons. The van der Waals surface area contributed by atoms with Gasteiger partial charge in [0.2, 0.25) is 0 Å². The highest BCUT2D eigenvalue weighted by Crippen LogP contribution is 2.45. The van der Waals surface area contributed by atoms with Gasteiger partial charge in [-0.3, -0.25) is 4.90 Å². The highest BCUT2D eigenvalue weighted by molar-refractivity contribution is 5.79. The van der Waals surface area contributed by atoms with Crippen molar-refractivity contribution in [2.75, 3.05) is 6.61 Å². The number of carbonyl (C=O) groups excluding carboxylic acids is 1. The first-order chi connectivity index (χ1) is 16.5. The van der Waals surface area contributed by atoms with Crippen molar-refractivity contribution in [3.8, 4) is 11.1 Å². The van der Waals surface area contributed by atoms with Crippen molar-refractivity contribution in [3.05, 3.63) is 101 Å². The minimum absolute atomic E-state index is 0.00756. The molecule has 2 atom stereocenters. The molecule has 1 aliphatic carbocycles. The minimum Gasteiger partial charge on any atom is -0.448 e. The summed E-state index contributed by atoms with van der Waals surface area (Å²) in [7, 11) is 0. The number of nitrogens with zero attached hydrogens (tertiary/aromatic N) is 1. The summed E-state index contributed by atoms with van der Waals surface area (Å²) < 4.78 is 33.6. The van der Waals surface area contributed by atoms with E-state index in [9.17, 15) is 13.6 Å². The molecule has 3 aromatic rings. The van der Waals surface area contributed by atoms with Crippen LogP contribution in [0.25, 0.3) is 16.7 Å². The third kappa shape index (κ3) is 3.25. The van der Waals surface area contributed by atoms with Crippen molar-refractivity contribution in [1.82, 2.24) is 4.90 Å². The molecule has 2 aliphatic heterocycles. The van der Waals surface area contributed by atoms with Crippen molar-refractivity contribution in [1.29, 1.82) is 0 Å². The Hall–Kier alpha value is -3.47. The predicted octanol–water partition coefficient (Wildman–Crippen LogP) is 6.84. The molecule has 0 aromatic heterocycles. The van der Waals surface area contributed by atoms with Crippen LogP contribution in [0.15, 0.2) is 66.7 Å². The van der Waals surface area contributed by atoms with E-state index in [-0.39, 0.29) is 24.1 Å². The van der Waals surface area contributed by atoms with E-state index in [0.717, 1.165) is 24.0 Å². The van der Waals surface area contributed by atoms with Crippen molar-refractivity contribution in [3.63, 3.8) is 0 Å². The molecule has 3 aromatic carbocycles. The Morgan fingerprint density at radius 2 is 1.62 bits per heavy atom. The second-order valence-corrected chi connectivity index (χ2v) is 9.44. The van der Waals surface area contributed by atoms with Crippen molar-refractivity contribution >= 4 is 11.7 Å². The zero-order valence-electron chi connectivity index (χ0n) is 18.9. The first kappa shape index (κ1) is 21.1. The van der Waals surface area contributed by atoms with E-state index in [1.54, 1.807) is 13.0 Å². The van der Waals surface area contributed by atoms with Gasteiger partial charge in [-0.15, -0.1) is 0 Å². The summed E-state index contributed by atoms with van der Waals surface area (Å²) in [6.45, 7) is 1.90. The fourth-order valence-electron chi connectivity index (χ4n) is 5.98. The normalized spacial score (nSPS) is 20.7. The lowest BCUT2D eigenvalue weighted by atomic mass is 9.92. The molecule has 0 radical (unpaired) electrons. The SMILES string of the molecule is Cc1c(C2=CC3CCC(C2)N3C(=O)OCC2c3ccccc3-c3ccccc32)ccc(F)c1F. The van der Waals surface area contributed by atoms with Crippen LogP contribution < -0.4 is 0 Å². The highest BCUT2D eigenvalue weighted by atomic mass is 19.2. The largest absolute Gasteiger partial charge is 0.448 e. The number of benzene rings is 3. The van der Waals surface area contributed by atoms with Gasteiger partial charge in [0.25, 0.3) is 0 Å². The summed E-state index contributed by atoms with van der Waals surface area (Å²) >= 11 is 0. The Labute approximate surface area is 197 Å². The van der Waals surface area contributed by atoms with E-state index in [4.69, 9.17) is 4.74 Å². The summed E-state index contributed by atoms with van der Waals surface area (Å²) in [5.41, 5.74) is 6.80. The zero-order chi connectivity index (χ0) is 23.4. The van der Waals surface area contributed by atoms with Gasteiger partial charge in [0.15, 0.2) is 11.6 Å². The van der Waals surface area contributed by atoms with Gasteiger partial charge in [-0.05, 0) is 71.2 Å². The van der Waals surface area contributed by atoms with E-state index in [2.05, 4.69) is 24.3 Å². The fraction of sp³-hybridized carbons (Fsp3) is 0.276. The van der Waals surface area contributed by atoms with E-state index >= 15 is 0 Å². The molecule has 5 heteroatoms. The lowest BCUT2D eigenvalue weighted by Gasteiger charge is -2.34. The van der Waals surface area contributed by atoms with Gasteiger partial charge in [-0.2, -0.15) is 0 Å². The van der Waals surface area contributed by atoms with Crippen molar-refractivity contribution in [2.45, 2.75) is 44.2 Å². The number of hydrogen-bond acceptors (Lipinski definition) is 2. The second kappa shape index (κ2) is 8.08. The Bertz CT molecular complexity index is 1290. The molecular weight excluding hydrogens is 432 g/mol. The molecular formula is C29H25F2NO2. The highest BCUT2D eigenvalue weighted by Gasteiger charge is 2.41. The molecule has 2 heterocycles. The first-order valence-electron chi connectivity index (χ1n) is 11.8. The third-order valence-corrected chi connectivity index (χ3v) is 7.63. The Kier molecular flexibility index (Phi) is 5.01. The standard InChI is InChI=1S/C29H25F2NO2/c1-17-21(12-13-27(30)28(17)31)18-14-19-10-11-20(15-18)32(19)29(33)34-16-26-24-8-4-2-6-22(24)23-7-3-5-9-25(23)26/h2-9,12-14,19-20,26H,10-11,15-16H2,1H3. The van der Waals surface area contributed by atoms with Crippen LogP contribution in [0.4, 0.5) is 13.6 Å². The number of hydrogen-bond donors (Lipinski definition) is 0. The monoisotopic (exact) mass is 457 g/mol. The molecule has 2 unspecified atom stereocenters. The lowest BCUT2D eigenvalue weighted by molar-refractivity contribution is 0.0866. The van der Waals surface area contributed by atoms with Crippen LogP contribution in [-0.4, -0.2) is 29.7 Å². The van der Waals surface area contributed by atoms with Gasteiger partial charge < -0.3 is 4.74 Å². The molecule has 1 saturated heterocycles. The summed E-state index contributed by atoms with van der Waals surface area (Å²) in [6.07, 6.45) is 4.07. The summed E-state index contributed by atoms with van der Waals surface area (Å²) in [4.78, 5) is 15.1. The smallest absolute Gasteiger partial charge is 0.410 e. The maximum Gasteiger partial charge on any atom is 0.410 e. The number of rotatable bonds is 3. The summed E-state index contributed by atoms with van der Waals surface area (Å²) in [5, 5.41) is 0. The number of halogens is 2. The first-order valence-corrected chi connectivity index (χ1v) is 11.8.